The van der Waals surface area contributed by atoms with Gasteiger partial charge >= 0.3 is 12.1 Å². The second-order valence-electron chi connectivity index (χ2n) is 5.21. The van der Waals surface area contributed by atoms with E-state index in [0.29, 0.717) is 5.56 Å². The van der Waals surface area contributed by atoms with E-state index < -0.39 is 23.8 Å². The number of pyridine rings is 1. The Kier molecular flexibility index (Phi) is 5.28. The van der Waals surface area contributed by atoms with Crippen LogP contribution in [0.3, 0.4) is 0 Å². The van der Waals surface area contributed by atoms with Gasteiger partial charge in [-0.15, -0.1) is 0 Å². The highest BCUT2D eigenvalue weighted by Crippen LogP contribution is 2.28. The fourth-order valence-corrected chi connectivity index (χ4v) is 2.10. The monoisotopic (exact) mass is 340 g/mol. The predicted octanol–water partition coefficient (Wildman–Crippen LogP) is 3.16. The van der Waals surface area contributed by atoms with Gasteiger partial charge in [-0.3, -0.25) is 9.78 Å². The number of phenolic OH excluding ortho intramolecular Hbond substituents is 1. The fraction of sp³-hybridized carbons (Fsp3) is 0.250. The number of phenols is 1. The van der Waals surface area contributed by atoms with Crippen LogP contribution in [-0.4, -0.2) is 27.7 Å². The molecular formula is C16H15F3N2O3. The van der Waals surface area contributed by atoms with E-state index in [4.69, 9.17) is 0 Å². The summed E-state index contributed by atoms with van der Waals surface area (Å²) in [6.45, 7) is -0.0441. The van der Waals surface area contributed by atoms with Gasteiger partial charge < -0.3 is 15.5 Å². The topological polar surface area (TPSA) is 82.5 Å². The third-order valence-electron chi connectivity index (χ3n) is 3.37. The third kappa shape index (κ3) is 4.87. The number of nitrogens with zero attached hydrogens (tertiary/aromatic N) is 1. The standard InChI is InChI=1S/C16H15F3N2O3/c17-16(18,19)14-8-12(5-6-20-14)21-9-11(15(23)24)7-10-1-3-13(22)4-2-10/h1-6,8,11,22H,7,9H2,(H,20,21)(H,23,24). The van der Waals surface area contributed by atoms with Crippen molar-refractivity contribution in [3.05, 3.63) is 53.9 Å². The molecule has 1 heterocycles. The molecule has 1 atom stereocenters. The van der Waals surface area contributed by atoms with Crippen LogP contribution in [0.25, 0.3) is 0 Å². The Morgan fingerprint density at radius 1 is 1.21 bits per heavy atom. The summed E-state index contributed by atoms with van der Waals surface area (Å²) < 4.78 is 37.8. The van der Waals surface area contributed by atoms with Gasteiger partial charge in [-0.25, -0.2) is 0 Å². The number of aromatic hydroxyl groups is 1. The number of carboxylic acids is 1. The quantitative estimate of drug-likeness (QED) is 0.752. The number of carbonyl (C=O) groups is 1. The lowest BCUT2D eigenvalue weighted by Crippen LogP contribution is -2.25. The lowest BCUT2D eigenvalue weighted by Gasteiger charge is -2.15. The largest absolute Gasteiger partial charge is 0.508 e. The number of alkyl halides is 3. The van der Waals surface area contributed by atoms with Crippen molar-refractivity contribution in [1.82, 2.24) is 4.98 Å². The summed E-state index contributed by atoms with van der Waals surface area (Å²) in [4.78, 5) is 14.6. The van der Waals surface area contributed by atoms with Gasteiger partial charge in [0.1, 0.15) is 11.4 Å². The number of benzene rings is 1. The van der Waals surface area contributed by atoms with Crippen LogP contribution in [0.2, 0.25) is 0 Å². The second-order valence-corrected chi connectivity index (χ2v) is 5.21. The highest BCUT2D eigenvalue weighted by Gasteiger charge is 2.32. The average molecular weight is 340 g/mol. The fourth-order valence-electron chi connectivity index (χ4n) is 2.10. The number of nitrogens with one attached hydrogen (secondary N) is 1. The SMILES string of the molecule is O=C(O)C(CNc1ccnc(C(F)(F)F)c1)Cc1ccc(O)cc1. The molecule has 2 aromatic rings. The van der Waals surface area contributed by atoms with Crippen LogP contribution >= 0.6 is 0 Å². The minimum atomic E-state index is -4.56. The molecule has 128 valence electrons. The van der Waals surface area contributed by atoms with Crippen molar-refractivity contribution in [1.29, 1.82) is 0 Å². The van der Waals surface area contributed by atoms with Crippen LogP contribution in [0.15, 0.2) is 42.6 Å². The summed E-state index contributed by atoms with van der Waals surface area (Å²) in [6, 6.07) is 8.26. The maximum absolute atomic E-state index is 12.6. The van der Waals surface area contributed by atoms with E-state index in [1.54, 1.807) is 12.1 Å². The van der Waals surface area contributed by atoms with Gasteiger partial charge in [0.15, 0.2) is 0 Å². The summed E-state index contributed by atoms with van der Waals surface area (Å²) in [5, 5.41) is 21.2. The maximum atomic E-state index is 12.6. The summed E-state index contributed by atoms with van der Waals surface area (Å²) in [6.07, 6.45) is -3.36. The van der Waals surface area contributed by atoms with E-state index in [0.717, 1.165) is 12.3 Å². The summed E-state index contributed by atoms with van der Waals surface area (Å²) >= 11 is 0. The van der Waals surface area contributed by atoms with Crippen molar-refractivity contribution in [2.24, 2.45) is 5.92 Å². The first kappa shape index (κ1) is 17.6. The van der Waals surface area contributed by atoms with Gasteiger partial charge in [-0.2, -0.15) is 13.2 Å². The Morgan fingerprint density at radius 3 is 2.46 bits per heavy atom. The van der Waals surface area contributed by atoms with Gasteiger partial charge in [0, 0.05) is 18.4 Å². The molecule has 1 aromatic heterocycles. The lowest BCUT2D eigenvalue weighted by atomic mass is 9.99. The summed E-state index contributed by atoms with van der Waals surface area (Å²) in [5.41, 5.74) is -0.195. The van der Waals surface area contributed by atoms with Crippen LogP contribution < -0.4 is 5.32 Å². The highest BCUT2D eigenvalue weighted by atomic mass is 19.4. The number of halogens is 3. The normalized spacial score (nSPS) is 12.6. The lowest BCUT2D eigenvalue weighted by molar-refractivity contribution is -0.142. The number of hydrogen-bond donors (Lipinski definition) is 3. The number of aliphatic carboxylic acids is 1. The first-order chi connectivity index (χ1) is 11.3. The molecule has 0 fully saturated rings. The third-order valence-corrected chi connectivity index (χ3v) is 3.37. The average Bonchev–Trinajstić information content (AvgIpc) is 2.52. The molecular weight excluding hydrogens is 325 g/mol. The molecule has 0 saturated heterocycles. The predicted molar refractivity (Wildman–Crippen MR) is 80.7 cm³/mol. The van der Waals surface area contributed by atoms with E-state index in [-0.39, 0.29) is 24.4 Å². The first-order valence-electron chi connectivity index (χ1n) is 7.03. The van der Waals surface area contributed by atoms with Gasteiger partial charge in [-0.1, -0.05) is 12.1 Å². The highest BCUT2D eigenvalue weighted by molar-refractivity contribution is 5.71. The van der Waals surface area contributed by atoms with Crippen LogP contribution in [0.5, 0.6) is 5.75 Å². The smallest absolute Gasteiger partial charge is 0.433 e. The molecule has 0 amide bonds. The van der Waals surface area contributed by atoms with Gasteiger partial charge in [0.25, 0.3) is 0 Å². The zero-order valence-corrected chi connectivity index (χ0v) is 12.4. The Morgan fingerprint density at radius 2 is 1.88 bits per heavy atom. The van der Waals surface area contributed by atoms with E-state index in [9.17, 15) is 28.2 Å². The molecule has 0 aliphatic rings. The summed E-state index contributed by atoms with van der Waals surface area (Å²) in [7, 11) is 0. The van der Waals surface area contributed by atoms with Crippen molar-refractivity contribution >= 4 is 11.7 Å². The maximum Gasteiger partial charge on any atom is 0.433 e. The van der Waals surface area contributed by atoms with Crippen LogP contribution in [-0.2, 0) is 17.4 Å². The number of rotatable bonds is 6. The molecule has 0 spiro atoms. The molecule has 1 unspecified atom stereocenters. The molecule has 5 nitrogen and oxygen atoms in total. The molecule has 0 radical (unpaired) electrons. The van der Waals surface area contributed by atoms with Gasteiger partial charge in [0.2, 0.25) is 0 Å². The Labute approximate surface area is 135 Å². The minimum Gasteiger partial charge on any atom is -0.508 e. The number of anilines is 1. The molecule has 0 aliphatic heterocycles. The molecule has 0 saturated carbocycles. The Balaban J connectivity index is 2.04. The zero-order chi connectivity index (χ0) is 17.7. The van der Waals surface area contributed by atoms with Crippen molar-refractivity contribution in [3.63, 3.8) is 0 Å². The van der Waals surface area contributed by atoms with Crippen LogP contribution in [0.4, 0.5) is 18.9 Å². The van der Waals surface area contributed by atoms with Crippen LogP contribution in [0.1, 0.15) is 11.3 Å². The van der Waals surface area contributed by atoms with Crippen molar-refractivity contribution in [2.45, 2.75) is 12.6 Å². The minimum absolute atomic E-state index is 0.0441. The number of carboxylic acid groups (broad SMARTS) is 1. The van der Waals surface area contributed by atoms with E-state index in [1.165, 1.54) is 18.2 Å². The molecule has 0 aliphatic carbocycles. The van der Waals surface area contributed by atoms with E-state index >= 15 is 0 Å². The molecule has 3 N–H and O–H groups in total. The second kappa shape index (κ2) is 7.20. The first-order valence-corrected chi connectivity index (χ1v) is 7.03. The van der Waals surface area contributed by atoms with Gasteiger partial charge in [0.05, 0.1) is 5.92 Å². The van der Waals surface area contributed by atoms with Gasteiger partial charge in [-0.05, 0) is 36.2 Å². The van der Waals surface area contributed by atoms with Crippen molar-refractivity contribution in [2.75, 3.05) is 11.9 Å². The van der Waals surface area contributed by atoms with Crippen molar-refractivity contribution in [3.8, 4) is 5.75 Å². The Bertz CT molecular complexity index is 702. The molecule has 0 bridgehead atoms. The van der Waals surface area contributed by atoms with E-state index in [2.05, 4.69) is 10.3 Å². The van der Waals surface area contributed by atoms with Crippen molar-refractivity contribution < 1.29 is 28.2 Å². The summed E-state index contributed by atoms with van der Waals surface area (Å²) in [5.74, 6) is -1.84. The zero-order valence-electron chi connectivity index (χ0n) is 12.4. The Hall–Kier alpha value is -2.77. The molecule has 24 heavy (non-hydrogen) atoms. The number of hydrogen-bond acceptors (Lipinski definition) is 4. The number of aromatic nitrogens is 1. The molecule has 8 heteroatoms. The molecule has 1 aromatic carbocycles. The van der Waals surface area contributed by atoms with Crippen LogP contribution in [0, 0.1) is 5.92 Å². The molecule has 2 rings (SSSR count). The van der Waals surface area contributed by atoms with E-state index in [1.807, 2.05) is 0 Å².